The summed E-state index contributed by atoms with van der Waals surface area (Å²) < 4.78 is 15.8. The number of halogens is 1. The number of carbonyl (C=O) groups excluding carboxylic acids is 1. The van der Waals surface area contributed by atoms with E-state index in [1.54, 1.807) is 28.4 Å². The van der Waals surface area contributed by atoms with Gasteiger partial charge in [0.25, 0.3) is 0 Å². The molecule has 5 heterocycles. The first kappa shape index (κ1) is 28.7. The van der Waals surface area contributed by atoms with Gasteiger partial charge < -0.3 is 10.0 Å². The molecule has 0 saturated carbocycles. The number of aliphatic hydroxyl groups is 1. The number of aromatic nitrogens is 3. The third-order valence-corrected chi connectivity index (χ3v) is 10.2. The number of aryl methyl sites for hydroxylation is 1. The van der Waals surface area contributed by atoms with Crippen molar-refractivity contribution < 1.29 is 14.3 Å². The van der Waals surface area contributed by atoms with E-state index in [4.69, 9.17) is 9.97 Å². The van der Waals surface area contributed by atoms with Gasteiger partial charge in [-0.25, -0.2) is 14.4 Å². The molecule has 1 N–H and O–H groups in total. The number of β-amino-alcohol motifs (C(OH)–C–C–N with tert-alkyl or cyclic N) is 1. The van der Waals surface area contributed by atoms with Crippen LogP contribution in [0.3, 0.4) is 0 Å². The Morgan fingerprint density at radius 3 is 2.52 bits per heavy atom. The normalized spacial score (nSPS) is 16.7. The summed E-state index contributed by atoms with van der Waals surface area (Å²) in [4.78, 5) is 31.2. The molecule has 0 atom stereocenters. The zero-order valence-electron chi connectivity index (χ0n) is 24.0. The van der Waals surface area contributed by atoms with Crippen LogP contribution in [-0.4, -0.2) is 80.1 Å². The molecule has 0 bridgehead atoms. The standard InChI is InChI=1S/C30H34FN7O2S2/c1-4-23-28(38(18(2)3)30-34-27(24(13-32)41-30)20-5-7-21(31)8-6-20)37-16-25(42-29(37)33-23)19-9-11-35(12-10-19)17-26(40)36-14-22(39)15-36/h5-8,16,18-19,22,39H,4,9-12,14-15,17H2,1-3H3. The fourth-order valence-corrected chi connectivity index (χ4v) is 7.94. The average Bonchev–Trinajstić information content (AvgIpc) is 3.66. The van der Waals surface area contributed by atoms with Crippen LogP contribution in [0.1, 0.15) is 55.0 Å². The van der Waals surface area contributed by atoms with Crippen LogP contribution in [0.2, 0.25) is 0 Å². The van der Waals surface area contributed by atoms with Gasteiger partial charge in [0.2, 0.25) is 5.91 Å². The van der Waals surface area contributed by atoms with Crippen LogP contribution in [0, 0.1) is 17.1 Å². The second-order valence-electron chi connectivity index (χ2n) is 11.3. The van der Waals surface area contributed by atoms with Crippen LogP contribution in [0.5, 0.6) is 0 Å². The van der Waals surface area contributed by atoms with Gasteiger partial charge in [-0.3, -0.25) is 19.0 Å². The van der Waals surface area contributed by atoms with Crippen LogP contribution < -0.4 is 4.90 Å². The van der Waals surface area contributed by atoms with Gasteiger partial charge >= 0.3 is 0 Å². The monoisotopic (exact) mass is 607 g/mol. The van der Waals surface area contributed by atoms with Crippen LogP contribution in [0.25, 0.3) is 16.2 Å². The number of hydrogen-bond donors (Lipinski definition) is 1. The number of fused-ring (bicyclic) bond motifs is 1. The van der Waals surface area contributed by atoms with Crippen molar-refractivity contribution >= 4 is 44.5 Å². The third-order valence-electron chi connectivity index (χ3n) is 8.07. The Bertz CT molecular complexity index is 1620. The fourth-order valence-electron chi connectivity index (χ4n) is 5.75. The van der Waals surface area contributed by atoms with E-state index in [2.05, 4.69) is 47.2 Å². The van der Waals surface area contributed by atoms with Gasteiger partial charge in [-0.2, -0.15) is 5.26 Å². The minimum Gasteiger partial charge on any atom is -0.389 e. The number of piperidine rings is 1. The number of carbonyl (C=O) groups is 1. The van der Waals surface area contributed by atoms with Gasteiger partial charge in [0, 0.05) is 35.8 Å². The summed E-state index contributed by atoms with van der Waals surface area (Å²) in [6, 6.07) is 8.42. The van der Waals surface area contributed by atoms with E-state index >= 15 is 0 Å². The molecule has 1 aromatic carbocycles. The lowest BCUT2D eigenvalue weighted by Gasteiger charge is -2.38. The molecule has 42 heavy (non-hydrogen) atoms. The smallest absolute Gasteiger partial charge is 0.236 e. The highest BCUT2D eigenvalue weighted by molar-refractivity contribution is 7.17. The number of benzene rings is 1. The Hall–Kier alpha value is -3.37. The topological polar surface area (TPSA) is 101 Å². The molecule has 1 amide bonds. The maximum atomic E-state index is 13.6. The molecule has 3 aromatic heterocycles. The molecule has 2 fully saturated rings. The number of thiazole rings is 2. The summed E-state index contributed by atoms with van der Waals surface area (Å²) in [6.45, 7) is 9.35. The lowest BCUT2D eigenvalue weighted by atomic mass is 9.95. The number of imidazole rings is 1. The molecule has 2 saturated heterocycles. The lowest BCUT2D eigenvalue weighted by Crippen LogP contribution is -2.56. The van der Waals surface area contributed by atoms with Crippen molar-refractivity contribution in [2.24, 2.45) is 0 Å². The van der Waals surface area contributed by atoms with Crippen molar-refractivity contribution in [3.63, 3.8) is 0 Å². The molecular weight excluding hydrogens is 574 g/mol. The number of amides is 1. The summed E-state index contributed by atoms with van der Waals surface area (Å²) >= 11 is 3.06. The molecule has 0 unspecified atom stereocenters. The summed E-state index contributed by atoms with van der Waals surface area (Å²) in [7, 11) is 0. The summed E-state index contributed by atoms with van der Waals surface area (Å²) in [5.41, 5.74) is 2.24. The van der Waals surface area contributed by atoms with Crippen molar-refractivity contribution in [3.8, 4) is 17.3 Å². The van der Waals surface area contributed by atoms with Gasteiger partial charge in [-0.05, 0) is 76.4 Å². The first-order valence-electron chi connectivity index (χ1n) is 14.4. The first-order valence-corrected chi connectivity index (χ1v) is 16.0. The zero-order valence-corrected chi connectivity index (χ0v) is 25.6. The van der Waals surface area contributed by atoms with E-state index < -0.39 is 0 Å². The first-order chi connectivity index (χ1) is 20.2. The number of hydrogen-bond acceptors (Lipinski definition) is 9. The highest BCUT2D eigenvalue weighted by Gasteiger charge is 2.32. The fraction of sp³-hybridized carbons (Fsp3) is 0.467. The Morgan fingerprint density at radius 1 is 1.19 bits per heavy atom. The molecular formula is C30H34FN7O2S2. The van der Waals surface area contributed by atoms with Gasteiger partial charge in [-0.1, -0.05) is 18.3 Å². The van der Waals surface area contributed by atoms with Crippen LogP contribution in [0.15, 0.2) is 30.5 Å². The van der Waals surface area contributed by atoms with E-state index in [1.807, 2.05) is 0 Å². The molecule has 4 aromatic rings. The van der Waals surface area contributed by atoms with Gasteiger partial charge in [0.15, 0.2) is 10.1 Å². The molecule has 2 aliphatic heterocycles. The number of likely N-dealkylation sites (tertiary alicyclic amines) is 2. The minimum absolute atomic E-state index is 0.0469. The van der Waals surface area contributed by atoms with Gasteiger partial charge in [-0.15, -0.1) is 11.3 Å². The Kier molecular flexibility index (Phi) is 8.02. The van der Waals surface area contributed by atoms with E-state index in [9.17, 15) is 19.6 Å². The molecule has 0 radical (unpaired) electrons. The van der Waals surface area contributed by atoms with Crippen molar-refractivity contribution in [1.82, 2.24) is 24.2 Å². The predicted octanol–water partition coefficient (Wildman–Crippen LogP) is 5.02. The molecule has 0 spiro atoms. The SMILES string of the molecule is CCc1nc2sc(C3CCN(CC(=O)N4CC(O)C4)CC3)cn2c1N(c1nc(-c2ccc(F)cc2)c(C#N)s1)C(C)C. The molecule has 6 rings (SSSR count). The van der Waals surface area contributed by atoms with Crippen LogP contribution >= 0.6 is 22.7 Å². The summed E-state index contributed by atoms with van der Waals surface area (Å²) in [5.74, 6) is 1.14. The number of nitrogens with zero attached hydrogens (tertiary/aromatic N) is 7. The lowest BCUT2D eigenvalue weighted by molar-refractivity contribution is -0.142. The summed E-state index contributed by atoms with van der Waals surface area (Å²) in [6.07, 6.45) is 4.54. The molecule has 0 aliphatic carbocycles. The average molecular weight is 608 g/mol. The third kappa shape index (κ3) is 5.42. The highest BCUT2D eigenvalue weighted by atomic mass is 32.1. The number of aliphatic hydroxyl groups excluding tert-OH is 1. The Balaban J connectivity index is 1.26. The molecule has 12 heteroatoms. The maximum absolute atomic E-state index is 13.6. The quantitative estimate of drug-likeness (QED) is 0.300. The van der Waals surface area contributed by atoms with Crippen LogP contribution in [-0.2, 0) is 11.2 Å². The van der Waals surface area contributed by atoms with Crippen molar-refractivity contribution in [3.05, 3.63) is 51.7 Å². The van der Waals surface area contributed by atoms with Crippen LogP contribution in [0.4, 0.5) is 15.3 Å². The summed E-state index contributed by atoms with van der Waals surface area (Å²) in [5, 5.41) is 20.1. The van der Waals surface area contributed by atoms with Gasteiger partial charge in [0.05, 0.1) is 18.3 Å². The maximum Gasteiger partial charge on any atom is 0.236 e. The van der Waals surface area contributed by atoms with Crippen molar-refractivity contribution in [2.75, 3.05) is 37.6 Å². The number of nitriles is 1. The predicted molar refractivity (Wildman–Crippen MR) is 163 cm³/mol. The molecule has 220 valence electrons. The number of rotatable bonds is 8. The minimum atomic E-state index is -0.372. The van der Waals surface area contributed by atoms with E-state index in [0.717, 1.165) is 48.8 Å². The highest BCUT2D eigenvalue weighted by Crippen LogP contribution is 2.41. The second-order valence-corrected chi connectivity index (χ2v) is 13.3. The van der Waals surface area contributed by atoms with Gasteiger partial charge in [0.1, 0.15) is 28.3 Å². The largest absolute Gasteiger partial charge is 0.389 e. The van der Waals surface area contributed by atoms with E-state index in [1.165, 1.54) is 28.3 Å². The number of anilines is 2. The Labute approximate surface area is 252 Å². The van der Waals surface area contributed by atoms with E-state index in [0.29, 0.717) is 46.8 Å². The van der Waals surface area contributed by atoms with E-state index in [-0.39, 0.29) is 23.9 Å². The zero-order chi connectivity index (χ0) is 29.5. The van der Waals surface area contributed by atoms with Crippen molar-refractivity contribution in [1.29, 1.82) is 5.26 Å². The Morgan fingerprint density at radius 2 is 1.90 bits per heavy atom. The molecule has 2 aliphatic rings. The molecule has 9 nitrogen and oxygen atoms in total. The second kappa shape index (κ2) is 11.7. The van der Waals surface area contributed by atoms with Crippen molar-refractivity contribution in [2.45, 2.75) is 58.1 Å².